The zero-order valence-corrected chi connectivity index (χ0v) is 12.5. The number of nitrogens with zero attached hydrogens (tertiary/aromatic N) is 1. The van der Waals surface area contributed by atoms with Gasteiger partial charge >= 0.3 is 21.1 Å². The van der Waals surface area contributed by atoms with Crippen LogP contribution in [0, 0.1) is 20.9 Å². The summed E-state index contributed by atoms with van der Waals surface area (Å²) in [7, 11) is 3.75. The fraction of sp³-hybridized carbons (Fsp3) is 0.571. The van der Waals surface area contributed by atoms with Gasteiger partial charge in [-0.2, -0.15) is 0 Å². The summed E-state index contributed by atoms with van der Waals surface area (Å²) in [6.45, 7) is 11.6. The Labute approximate surface area is 104 Å². The summed E-state index contributed by atoms with van der Waals surface area (Å²) in [4.78, 5) is 1.86. The third kappa shape index (κ3) is 7.85. The van der Waals surface area contributed by atoms with Crippen LogP contribution in [0.25, 0.3) is 0 Å². The van der Waals surface area contributed by atoms with Crippen LogP contribution in [0.3, 0.4) is 0 Å². The second kappa shape index (κ2) is 8.85. The predicted octanol–water partition coefficient (Wildman–Crippen LogP) is 1.52. The molecule has 1 radical (unpaired) electrons. The average Bonchev–Trinajstić information content (AvgIpc) is 1.64. The van der Waals surface area contributed by atoms with Gasteiger partial charge in [-0.3, -0.25) is 13.1 Å². The summed E-state index contributed by atoms with van der Waals surface area (Å²) in [6.07, 6.45) is 0. The molecule has 3 heteroatoms. The summed E-state index contributed by atoms with van der Waals surface area (Å²) < 4.78 is 0. The molecule has 0 heterocycles. The van der Waals surface area contributed by atoms with E-state index in [-0.39, 0.29) is 59.8 Å². The van der Waals surface area contributed by atoms with E-state index in [0.29, 0.717) is 6.04 Å². The first kappa shape index (κ1) is 17.7. The largest absolute Gasteiger partial charge is 2.00 e. The van der Waals surface area contributed by atoms with E-state index in [9.17, 15) is 0 Å². The molecule has 0 rings (SSSR count). The van der Waals surface area contributed by atoms with Crippen molar-refractivity contribution in [2.24, 2.45) is 0 Å². The van der Waals surface area contributed by atoms with E-state index in [2.05, 4.69) is 34.7 Å². The van der Waals surface area contributed by atoms with E-state index in [0.717, 1.165) is 0 Å². The van der Waals surface area contributed by atoms with E-state index in [1.807, 2.05) is 4.90 Å². The molecule has 0 spiro atoms. The van der Waals surface area contributed by atoms with Crippen LogP contribution in [0.1, 0.15) is 13.8 Å². The van der Waals surface area contributed by atoms with Crippen LogP contribution >= 0.6 is 0 Å². The topological polar surface area (TPSA) is 3.24 Å². The number of hydrogen-bond acceptors (Lipinski definition) is 1. The Kier molecular flexibility index (Phi) is 15.7. The van der Waals surface area contributed by atoms with Crippen LogP contribution in [-0.2, 0) is 53.8 Å². The first-order chi connectivity index (χ1) is 3.55. The smallest absolute Gasteiger partial charge is 0.508 e. The van der Waals surface area contributed by atoms with Crippen LogP contribution in [0.15, 0.2) is 0 Å². The van der Waals surface area contributed by atoms with Gasteiger partial charge in [-0.15, -0.1) is 0 Å². The molecule has 0 aliphatic heterocycles. The SMILES string of the molecule is [CH2-]C([CH2-])N([CH2-])C(C)C.[W+2].[Y]. The van der Waals surface area contributed by atoms with E-state index in [1.54, 1.807) is 0 Å². The minimum Gasteiger partial charge on any atom is -0.508 e. The molecule has 0 unspecified atom stereocenters. The number of rotatable bonds is 2. The zero-order valence-electron chi connectivity index (χ0n) is 6.71. The van der Waals surface area contributed by atoms with Gasteiger partial charge < -0.3 is 18.7 Å². The average molecular weight is 385 g/mol. The monoisotopic (exact) mass is 385 g/mol. The Bertz CT molecular complexity index is 58.6. The van der Waals surface area contributed by atoms with Crippen molar-refractivity contribution in [1.82, 2.24) is 4.90 Å². The van der Waals surface area contributed by atoms with Gasteiger partial charge in [-0.1, -0.05) is 13.8 Å². The van der Waals surface area contributed by atoms with Gasteiger partial charge in [0.1, 0.15) is 0 Å². The van der Waals surface area contributed by atoms with Crippen molar-refractivity contribution in [1.29, 1.82) is 0 Å². The predicted molar refractivity (Wildman–Crippen MR) is 36.8 cm³/mol. The van der Waals surface area contributed by atoms with Crippen molar-refractivity contribution >= 4 is 0 Å². The molecule has 0 aliphatic rings. The molecule has 0 aromatic rings. The molecule has 57 valence electrons. The molecular weight excluding hydrogens is 371 g/mol. The quantitative estimate of drug-likeness (QED) is 0.652. The fourth-order valence-electron chi connectivity index (χ4n) is 0.422. The molecule has 0 amide bonds. The first-order valence-corrected chi connectivity index (χ1v) is 2.80. The van der Waals surface area contributed by atoms with Gasteiger partial charge in [0.15, 0.2) is 0 Å². The zero-order chi connectivity index (χ0) is 6.73. The molecule has 0 aliphatic carbocycles. The van der Waals surface area contributed by atoms with Crippen molar-refractivity contribution < 1.29 is 53.8 Å². The molecule has 0 aromatic heterocycles. The Morgan fingerprint density at radius 1 is 1.20 bits per heavy atom. The normalized spacial score (nSPS) is 9.60. The van der Waals surface area contributed by atoms with Crippen LogP contribution in [0.4, 0.5) is 0 Å². The van der Waals surface area contributed by atoms with E-state index in [1.165, 1.54) is 0 Å². The second-order valence-corrected chi connectivity index (χ2v) is 2.26. The van der Waals surface area contributed by atoms with Gasteiger partial charge in [0.25, 0.3) is 0 Å². The Balaban J connectivity index is -0.000000245. The molecule has 10 heavy (non-hydrogen) atoms. The van der Waals surface area contributed by atoms with Crippen molar-refractivity contribution in [2.75, 3.05) is 0 Å². The molecule has 0 bridgehead atoms. The van der Waals surface area contributed by atoms with Crippen molar-refractivity contribution in [2.45, 2.75) is 25.9 Å². The third-order valence-corrected chi connectivity index (χ3v) is 1.13. The van der Waals surface area contributed by atoms with E-state index in [4.69, 9.17) is 0 Å². The maximum absolute atomic E-state index is 3.75. The first-order valence-electron chi connectivity index (χ1n) is 2.80. The van der Waals surface area contributed by atoms with Crippen LogP contribution in [0.2, 0.25) is 0 Å². The third-order valence-electron chi connectivity index (χ3n) is 1.13. The second-order valence-electron chi connectivity index (χ2n) is 2.26. The molecule has 0 saturated heterocycles. The van der Waals surface area contributed by atoms with Gasteiger partial charge in [-0.05, 0) is 6.04 Å². The Hall–Kier alpha value is 1.75. The molecule has 0 aromatic carbocycles. The van der Waals surface area contributed by atoms with Crippen LogP contribution < -0.4 is 0 Å². The van der Waals surface area contributed by atoms with Gasteiger partial charge in [0.2, 0.25) is 0 Å². The maximum atomic E-state index is 3.75. The molecule has 0 saturated carbocycles. The molecule has 0 fully saturated rings. The summed E-state index contributed by atoms with van der Waals surface area (Å²) in [6, 6.07) is 0.505. The summed E-state index contributed by atoms with van der Waals surface area (Å²) in [5.41, 5.74) is 0. The Morgan fingerprint density at radius 2 is 1.50 bits per heavy atom. The van der Waals surface area contributed by atoms with Crippen molar-refractivity contribution in [3.63, 3.8) is 0 Å². The van der Waals surface area contributed by atoms with Crippen molar-refractivity contribution in [3.05, 3.63) is 20.9 Å². The van der Waals surface area contributed by atoms with E-state index < -0.39 is 0 Å². The summed E-state index contributed by atoms with van der Waals surface area (Å²) in [5.74, 6) is 0. The number of hydrogen-bond donors (Lipinski definition) is 0. The minimum absolute atomic E-state index is 0. The summed E-state index contributed by atoms with van der Waals surface area (Å²) in [5, 5.41) is 0. The Morgan fingerprint density at radius 3 is 1.50 bits per heavy atom. The van der Waals surface area contributed by atoms with Gasteiger partial charge in [0.05, 0.1) is 0 Å². The minimum atomic E-state index is 0. The molecule has 0 atom stereocenters. The maximum Gasteiger partial charge on any atom is 2.00 e. The molecule has 1 nitrogen and oxygen atoms in total. The molecular formula is C7H14NWY-. The van der Waals surface area contributed by atoms with E-state index >= 15 is 0 Å². The standard InChI is InChI=1S/C7H14N.W.Y/c1-6(2)8(5)7(3)4;;/h6-7H,1-2,5H2,3-4H3;;/q-3;+2;. The summed E-state index contributed by atoms with van der Waals surface area (Å²) >= 11 is 0. The van der Waals surface area contributed by atoms with Crippen LogP contribution in [-0.4, -0.2) is 17.0 Å². The van der Waals surface area contributed by atoms with Crippen LogP contribution in [0.5, 0.6) is 0 Å². The van der Waals surface area contributed by atoms with Gasteiger partial charge in [0, 0.05) is 32.7 Å². The van der Waals surface area contributed by atoms with Crippen molar-refractivity contribution in [3.8, 4) is 0 Å². The molecule has 0 N–H and O–H groups in total. The fourth-order valence-corrected chi connectivity index (χ4v) is 0.422. The van der Waals surface area contributed by atoms with Gasteiger partial charge in [-0.25, -0.2) is 0 Å².